The fraction of sp³-hybridized carbons (Fsp3) is 0.214. The molecule has 0 aliphatic carbocycles. The lowest BCUT2D eigenvalue weighted by Crippen LogP contribution is -2.46. The maximum atomic E-state index is 13.4. The normalized spacial score (nSPS) is 12.5. The van der Waals surface area contributed by atoms with Crippen LogP contribution < -0.4 is 5.32 Å². The van der Waals surface area contributed by atoms with Crippen LogP contribution in [0.5, 0.6) is 0 Å². The molecule has 1 N–H and O–H groups in total. The second-order valence-corrected chi connectivity index (χ2v) is 11.2. The molecule has 190 valence electrons. The quantitative estimate of drug-likeness (QED) is 0.248. The first-order valence-electron chi connectivity index (χ1n) is 11.6. The topological polar surface area (TPSA) is 85.4 Å². The Kier molecular flexibility index (Phi) is 9.65. The van der Waals surface area contributed by atoms with Crippen molar-refractivity contribution in [3.05, 3.63) is 99.7 Å². The zero-order valence-electron chi connectivity index (χ0n) is 20.2. The van der Waals surface area contributed by atoms with Crippen LogP contribution >= 0.6 is 34.4 Å². The first kappa shape index (κ1) is 26.8. The zero-order chi connectivity index (χ0) is 26.0. The van der Waals surface area contributed by atoms with E-state index in [2.05, 4.69) is 10.3 Å². The van der Waals surface area contributed by atoms with Crippen LogP contribution in [0.4, 0.5) is 0 Å². The lowest BCUT2D eigenvalue weighted by atomic mass is 10.0. The van der Waals surface area contributed by atoms with E-state index in [-0.39, 0.29) is 11.0 Å². The molecule has 0 radical (unpaired) electrons. The van der Waals surface area contributed by atoms with Crippen molar-refractivity contribution in [3.63, 3.8) is 0 Å². The predicted octanol–water partition coefficient (Wildman–Crippen LogP) is 5.50. The Bertz CT molecular complexity index is 1290. The number of thioether (sulfide) groups is 1. The van der Waals surface area contributed by atoms with E-state index in [1.165, 1.54) is 7.11 Å². The van der Waals surface area contributed by atoms with Crippen molar-refractivity contribution in [1.82, 2.24) is 10.3 Å². The highest BCUT2D eigenvalue weighted by Gasteiger charge is 2.28. The highest BCUT2D eigenvalue weighted by atomic mass is 32.2. The number of thiazole rings is 1. The summed E-state index contributed by atoms with van der Waals surface area (Å²) in [6, 6.07) is 19.8. The molecule has 9 heteroatoms. The van der Waals surface area contributed by atoms with Crippen LogP contribution in [0.1, 0.15) is 20.8 Å². The second-order valence-electron chi connectivity index (χ2n) is 8.27. The smallest absolute Gasteiger partial charge is 0.328 e. The minimum absolute atomic E-state index is 0.0885. The standard InChI is InChI=1S/C28H26N2O4S3/c1-34-27(32)24(16-19-9-11-20(12-10-19)26-29-13-15-36-26)30-25(31)22(17-23-8-5-14-35-23)18-37-28(33)21-6-3-2-4-7-21/h2-15,22,24H,16-18H2,1H3,(H,30,31). The molecule has 2 unspecified atom stereocenters. The fourth-order valence-corrected chi connectivity index (χ4v) is 6.10. The Labute approximate surface area is 228 Å². The van der Waals surface area contributed by atoms with Gasteiger partial charge in [0.25, 0.3) is 0 Å². The van der Waals surface area contributed by atoms with Gasteiger partial charge in [0.1, 0.15) is 11.0 Å². The maximum Gasteiger partial charge on any atom is 0.328 e. The number of carbonyl (C=O) groups excluding carboxylic acids is 3. The molecule has 0 aliphatic heterocycles. The van der Waals surface area contributed by atoms with Gasteiger partial charge in [0.05, 0.1) is 13.0 Å². The zero-order valence-corrected chi connectivity index (χ0v) is 22.6. The van der Waals surface area contributed by atoms with Gasteiger partial charge in [0.15, 0.2) is 0 Å². The Morgan fingerprint density at radius 3 is 2.38 bits per heavy atom. The van der Waals surface area contributed by atoms with Gasteiger partial charge in [-0.1, -0.05) is 72.4 Å². The number of thiophene rings is 1. The van der Waals surface area contributed by atoms with Crippen molar-refractivity contribution in [3.8, 4) is 10.6 Å². The van der Waals surface area contributed by atoms with Crippen LogP contribution in [0.25, 0.3) is 10.6 Å². The maximum absolute atomic E-state index is 13.4. The van der Waals surface area contributed by atoms with Gasteiger partial charge in [0, 0.05) is 39.8 Å². The summed E-state index contributed by atoms with van der Waals surface area (Å²) in [6.45, 7) is 0. The summed E-state index contributed by atoms with van der Waals surface area (Å²) in [7, 11) is 1.31. The van der Waals surface area contributed by atoms with Gasteiger partial charge in [0.2, 0.25) is 11.0 Å². The molecule has 2 heterocycles. The molecule has 2 atom stereocenters. The molecular weight excluding hydrogens is 525 g/mol. The highest BCUT2D eigenvalue weighted by Crippen LogP contribution is 2.24. The SMILES string of the molecule is COC(=O)C(Cc1ccc(-c2nccs2)cc1)NC(=O)C(CSC(=O)c1ccccc1)Cc1cccs1. The summed E-state index contributed by atoms with van der Waals surface area (Å²) in [5, 5.41) is 7.60. The third kappa shape index (κ3) is 7.61. The molecule has 0 spiro atoms. The third-order valence-electron chi connectivity index (χ3n) is 5.70. The molecule has 0 fully saturated rings. The molecule has 4 rings (SSSR count). The number of nitrogens with one attached hydrogen (secondary N) is 1. The van der Waals surface area contributed by atoms with E-state index in [0.29, 0.717) is 24.2 Å². The number of carbonyl (C=O) groups is 3. The molecular formula is C28H26N2O4S3. The molecule has 0 saturated heterocycles. The first-order valence-corrected chi connectivity index (χ1v) is 14.4. The Hall–Kier alpha value is -3.27. The van der Waals surface area contributed by atoms with Gasteiger partial charge in [-0.15, -0.1) is 22.7 Å². The predicted molar refractivity (Wildman–Crippen MR) is 150 cm³/mol. The monoisotopic (exact) mass is 550 g/mol. The van der Waals surface area contributed by atoms with Crippen molar-refractivity contribution >= 4 is 51.4 Å². The largest absolute Gasteiger partial charge is 0.467 e. The number of hydrogen-bond acceptors (Lipinski definition) is 8. The average molecular weight is 551 g/mol. The van der Waals surface area contributed by atoms with Crippen molar-refractivity contribution in [2.24, 2.45) is 5.92 Å². The Balaban J connectivity index is 1.45. The summed E-state index contributed by atoms with van der Waals surface area (Å²) in [5.41, 5.74) is 2.48. The number of hydrogen-bond donors (Lipinski definition) is 1. The van der Waals surface area contributed by atoms with E-state index >= 15 is 0 Å². The Morgan fingerprint density at radius 1 is 0.946 bits per heavy atom. The van der Waals surface area contributed by atoms with E-state index in [1.807, 2.05) is 65.4 Å². The van der Waals surface area contributed by atoms with Gasteiger partial charge < -0.3 is 10.1 Å². The summed E-state index contributed by atoms with van der Waals surface area (Å²) in [6.07, 6.45) is 2.53. The molecule has 0 saturated carbocycles. The lowest BCUT2D eigenvalue weighted by molar-refractivity contribution is -0.145. The summed E-state index contributed by atoms with van der Waals surface area (Å²) in [5.74, 6) is -0.985. The average Bonchev–Trinajstić information content (AvgIpc) is 3.66. The van der Waals surface area contributed by atoms with Crippen molar-refractivity contribution in [2.75, 3.05) is 12.9 Å². The van der Waals surface area contributed by atoms with Crippen LogP contribution in [0.15, 0.2) is 83.7 Å². The number of benzene rings is 2. The van der Waals surface area contributed by atoms with E-state index in [0.717, 1.165) is 32.8 Å². The fourth-order valence-electron chi connectivity index (χ4n) is 3.74. The van der Waals surface area contributed by atoms with E-state index in [1.54, 1.807) is 41.0 Å². The molecule has 0 aliphatic rings. The number of rotatable bonds is 11. The van der Waals surface area contributed by atoms with Gasteiger partial charge in [-0.05, 0) is 23.4 Å². The first-order chi connectivity index (χ1) is 18.0. The van der Waals surface area contributed by atoms with Crippen molar-refractivity contribution < 1.29 is 19.1 Å². The Morgan fingerprint density at radius 2 is 1.73 bits per heavy atom. The van der Waals surface area contributed by atoms with Gasteiger partial charge >= 0.3 is 5.97 Å². The second kappa shape index (κ2) is 13.3. The van der Waals surface area contributed by atoms with Crippen LogP contribution in [-0.4, -0.2) is 40.9 Å². The number of aromatic nitrogens is 1. The summed E-state index contributed by atoms with van der Waals surface area (Å²) in [4.78, 5) is 44.0. The number of nitrogens with zero attached hydrogens (tertiary/aromatic N) is 1. The number of amides is 1. The third-order valence-corrected chi connectivity index (χ3v) is 8.49. The lowest BCUT2D eigenvalue weighted by Gasteiger charge is -2.21. The molecule has 1 amide bonds. The van der Waals surface area contributed by atoms with Crippen LogP contribution in [0, 0.1) is 5.92 Å². The molecule has 37 heavy (non-hydrogen) atoms. The minimum atomic E-state index is -0.844. The number of methoxy groups -OCH3 is 1. The van der Waals surface area contributed by atoms with E-state index in [9.17, 15) is 14.4 Å². The molecule has 2 aromatic heterocycles. The van der Waals surface area contributed by atoms with Gasteiger partial charge in [-0.2, -0.15) is 0 Å². The highest BCUT2D eigenvalue weighted by molar-refractivity contribution is 8.14. The molecule has 6 nitrogen and oxygen atoms in total. The molecule has 0 bridgehead atoms. The minimum Gasteiger partial charge on any atom is -0.467 e. The summed E-state index contributed by atoms with van der Waals surface area (Å²) < 4.78 is 4.99. The van der Waals surface area contributed by atoms with Gasteiger partial charge in [-0.3, -0.25) is 9.59 Å². The van der Waals surface area contributed by atoms with Crippen LogP contribution in [-0.2, 0) is 27.2 Å². The number of esters is 1. The summed E-state index contributed by atoms with van der Waals surface area (Å²) >= 11 is 4.23. The van der Waals surface area contributed by atoms with Crippen molar-refractivity contribution in [1.29, 1.82) is 0 Å². The van der Waals surface area contributed by atoms with E-state index in [4.69, 9.17) is 4.74 Å². The molecule has 4 aromatic rings. The van der Waals surface area contributed by atoms with E-state index < -0.39 is 17.9 Å². The number of ether oxygens (including phenoxy) is 1. The van der Waals surface area contributed by atoms with Gasteiger partial charge in [-0.25, -0.2) is 9.78 Å². The van der Waals surface area contributed by atoms with Crippen molar-refractivity contribution in [2.45, 2.75) is 18.9 Å². The van der Waals surface area contributed by atoms with Crippen LogP contribution in [0.2, 0.25) is 0 Å². The molecule has 2 aromatic carbocycles. The van der Waals surface area contributed by atoms with Crippen LogP contribution in [0.3, 0.4) is 0 Å².